The summed E-state index contributed by atoms with van der Waals surface area (Å²) in [5.41, 5.74) is -1.24. The number of rotatable bonds is 4. The largest absolute Gasteiger partial charge is 0.435 e. The molecule has 2 aromatic carbocycles. The van der Waals surface area contributed by atoms with Crippen LogP contribution in [0.1, 0.15) is 34.0 Å². The van der Waals surface area contributed by atoms with Crippen molar-refractivity contribution in [2.75, 3.05) is 0 Å². The van der Waals surface area contributed by atoms with Gasteiger partial charge in [-0.05, 0) is 41.7 Å². The highest BCUT2D eigenvalue weighted by atomic mass is 19.4. The predicted octanol–water partition coefficient (Wildman–Crippen LogP) is 5.61. The Labute approximate surface area is 156 Å². The fourth-order valence-electron chi connectivity index (χ4n) is 3.13. The van der Waals surface area contributed by atoms with Gasteiger partial charge in [0.15, 0.2) is 0 Å². The third-order valence-electron chi connectivity index (χ3n) is 4.44. The van der Waals surface area contributed by atoms with Crippen molar-refractivity contribution in [3.8, 4) is 11.1 Å². The minimum atomic E-state index is -6.20. The molecule has 0 saturated carbocycles. The monoisotopic (exact) mass is 407 g/mol. The predicted molar refractivity (Wildman–Crippen MR) is 89.4 cm³/mol. The van der Waals surface area contributed by atoms with Gasteiger partial charge in [-0.25, -0.2) is 4.39 Å². The molecule has 2 rings (SSSR count). The molecule has 0 unspecified atom stereocenters. The SMILES string of the molecule is CCc1cc(C(F)(C(F)(F)F)C(F)(F)F)cc(C)c1-c1ccccc1C(N)=O. The first kappa shape index (κ1) is 21.7. The highest BCUT2D eigenvalue weighted by Crippen LogP contribution is 2.54. The molecule has 0 heterocycles. The number of aryl methyl sites for hydroxylation is 2. The Morgan fingerprint density at radius 2 is 1.50 bits per heavy atom. The van der Waals surface area contributed by atoms with Crippen molar-refractivity contribution in [3.05, 3.63) is 58.7 Å². The van der Waals surface area contributed by atoms with E-state index < -0.39 is 29.5 Å². The minimum Gasteiger partial charge on any atom is -0.366 e. The fraction of sp³-hybridized carbons (Fsp3) is 0.316. The molecule has 0 bridgehead atoms. The summed E-state index contributed by atoms with van der Waals surface area (Å²) in [5.74, 6) is -0.813. The summed E-state index contributed by atoms with van der Waals surface area (Å²) < 4.78 is 93.0. The van der Waals surface area contributed by atoms with Crippen LogP contribution in [0.3, 0.4) is 0 Å². The van der Waals surface area contributed by atoms with Crippen LogP contribution in [0.2, 0.25) is 0 Å². The number of alkyl halides is 7. The van der Waals surface area contributed by atoms with E-state index in [-0.39, 0.29) is 34.2 Å². The second-order valence-corrected chi connectivity index (χ2v) is 6.24. The van der Waals surface area contributed by atoms with E-state index in [1.807, 2.05) is 0 Å². The van der Waals surface area contributed by atoms with E-state index in [0.29, 0.717) is 12.1 Å². The van der Waals surface area contributed by atoms with Gasteiger partial charge in [-0.3, -0.25) is 4.79 Å². The third-order valence-corrected chi connectivity index (χ3v) is 4.44. The maximum atomic E-state index is 14.5. The van der Waals surface area contributed by atoms with Crippen LogP contribution in [0.4, 0.5) is 30.7 Å². The summed E-state index contributed by atoms with van der Waals surface area (Å²) in [6.07, 6.45) is -12.4. The summed E-state index contributed by atoms with van der Waals surface area (Å²) in [4.78, 5) is 11.7. The molecule has 0 radical (unpaired) electrons. The van der Waals surface area contributed by atoms with Crippen molar-refractivity contribution in [1.29, 1.82) is 0 Å². The molecular formula is C19H16F7NO. The summed E-state index contributed by atoms with van der Waals surface area (Å²) >= 11 is 0. The molecule has 0 saturated heterocycles. The Hall–Kier alpha value is -2.58. The molecule has 2 aromatic rings. The lowest BCUT2D eigenvalue weighted by atomic mass is 9.84. The Bertz CT molecular complexity index is 886. The first-order valence-electron chi connectivity index (χ1n) is 8.11. The molecule has 0 fully saturated rings. The van der Waals surface area contributed by atoms with E-state index in [9.17, 15) is 35.5 Å². The summed E-state index contributed by atoms with van der Waals surface area (Å²) in [6.45, 7) is 2.75. The van der Waals surface area contributed by atoms with Gasteiger partial charge in [-0.2, -0.15) is 26.3 Å². The van der Waals surface area contributed by atoms with Gasteiger partial charge in [0.2, 0.25) is 5.91 Å². The van der Waals surface area contributed by atoms with Gasteiger partial charge in [-0.1, -0.05) is 37.3 Å². The van der Waals surface area contributed by atoms with Crippen LogP contribution in [0.5, 0.6) is 0 Å². The minimum absolute atomic E-state index is 0.00288. The van der Waals surface area contributed by atoms with Crippen LogP contribution in [0.15, 0.2) is 36.4 Å². The van der Waals surface area contributed by atoms with Crippen LogP contribution >= 0.6 is 0 Å². The van der Waals surface area contributed by atoms with Crippen LogP contribution < -0.4 is 5.73 Å². The lowest BCUT2D eigenvalue weighted by Crippen LogP contribution is -2.50. The average molecular weight is 407 g/mol. The van der Waals surface area contributed by atoms with Gasteiger partial charge in [0, 0.05) is 11.1 Å². The normalized spacial score (nSPS) is 12.9. The molecule has 2 nitrogen and oxygen atoms in total. The zero-order valence-corrected chi connectivity index (χ0v) is 14.8. The molecule has 152 valence electrons. The highest BCUT2D eigenvalue weighted by Gasteiger charge is 2.73. The van der Waals surface area contributed by atoms with E-state index >= 15 is 0 Å². The van der Waals surface area contributed by atoms with Gasteiger partial charge in [0.25, 0.3) is 0 Å². The lowest BCUT2D eigenvalue weighted by molar-refractivity contribution is -0.348. The number of nitrogens with two attached hydrogens (primary N) is 1. The van der Waals surface area contributed by atoms with Crippen molar-refractivity contribution < 1.29 is 35.5 Å². The van der Waals surface area contributed by atoms with Crippen molar-refractivity contribution in [2.45, 2.75) is 38.3 Å². The van der Waals surface area contributed by atoms with Crippen LogP contribution in [-0.4, -0.2) is 18.3 Å². The molecule has 1 amide bonds. The molecule has 0 spiro atoms. The van der Waals surface area contributed by atoms with E-state index in [1.165, 1.54) is 32.0 Å². The first-order valence-corrected chi connectivity index (χ1v) is 8.11. The number of amides is 1. The van der Waals surface area contributed by atoms with E-state index in [1.54, 1.807) is 6.07 Å². The average Bonchev–Trinajstić information content (AvgIpc) is 2.58. The standard InChI is InChI=1S/C19H16F7NO/c1-3-11-9-12(17(20,18(21,22)23)19(24,25)26)8-10(2)15(11)13-6-4-5-7-14(13)16(27)28/h4-9H,3H2,1-2H3,(H2,27,28). The van der Waals surface area contributed by atoms with Crippen LogP contribution in [0.25, 0.3) is 11.1 Å². The zero-order valence-electron chi connectivity index (χ0n) is 14.8. The first-order chi connectivity index (χ1) is 12.8. The fourth-order valence-corrected chi connectivity index (χ4v) is 3.13. The topological polar surface area (TPSA) is 43.1 Å². The number of carbonyl (C=O) groups excluding carboxylic acids is 1. The summed E-state index contributed by atoms with van der Waals surface area (Å²) in [5, 5.41) is 0. The number of carbonyl (C=O) groups is 1. The van der Waals surface area contributed by atoms with Crippen LogP contribution in [-0.2, 0) is 12.1 Å². The molecular weight excluding hydrogens is 391 g/mol. The Kier molecular flexibility index (Phi) is 5.51. The van der Waals surface area contributed by atoms with Gasteiger partial charge in [0.1, 0.15) is 0 Å². The highest BCUT2D eigenvalue weighted by molar-refractivity contribution is 6.00. The number of hydrogen-bond acceptors (Lipinski definition) is 1. The van der Waals surface area contributed by atoms with Crippen molar-refractivity contribution in [1.82, 2.24) is 0 Å². The maximum absolute atomic E-state index is 14.5. The maximum Gasteiger partial charge on any atom is 0.435 e. The van der Waals surface area contributed by atoms with E-state index in [4.69, 9.17) is 5.73 Å². The Morgan fingerprint density at radius 1 is 0.964 bits per heavy atom. The van der Waals surface area contributed by atoms with Gasteiger partial charge >= 0.3 is 18.0 Å². The zero-order chi connectivity index (χ0) is 21.5. The van der Waals surface area contributed by atoms with E-state index in [2.05, 4.69) is 0 Å². The molecule has 0 atom stereocenters. The lowest BCUT2D eigenvalue weighted by Gasteiger charge is -2.31. The van der Waals surface area contributed by atoms with Gasteiger partial charge in [0.05, 0.1) is 0 Å². The molecule has 28 heavy (non-hydrogen) atoms. The second kappa shape index (κ2) is 7.10. The number of halogens is 7. The van der Waals surface area contributed by atoms with Crippen molar-refractivity contribution in [2.24, 2.45) is 5.73 Å². The number of hydrogen-bond donors (Lipinski definition) is 1. The molecule has 9 heteroatoms. The Morgan fingerprint density at radius 3 is 1.96 bits per heavy atom. The third kappa shape index (κ3) is 3.45. The van der Waals surface area contributed by atoms with Gasteiger partial charge in [-0.15, -0.1) is 0 Å². The number of benzene rings is 2. The Balaban J connectivity index is 2.84. The van der Waals surface area contributed by atoms with Crippen molar-refractivity contribution >= 4 is 5.91 Å². The molecule has 0 aliphatic rings. The van der Waals surface area contributed by atoms with E-state index in [0.717, 1.165) is 0 Å². The molecule has 2 N–H and O–H groups in total. The molecule has 0 aliphatic heterocycles. The van der Waals surface area contributed by atoms with Gasteiger partial charge < -0.3 is 5.73 Å². The molecule has 0 aliphatic carbocycles. The van der Waals surface area contributed by atoms with Crippen molar-refractivity contribution in [3.63, 3.8) is 0 Å². The second-order valence-electron chi connectivity index (χ2n) is 6.24. The summed E-state index contributed by atoms with van der Waals surface area (Å²) in [7, 11) is 0. The molecule has 0 aromatic heterocycles. The number of primary amides is 1. The summed E-state index contributed by atoms with van der Waals surface area (Å²) in [6, 6.07) is 6.96. The smallest absolute Gasteiger partial charge is 0.366 e. The quantitative estimate of drug-likeness (QED) is 0.658. The van der Waals surface area contributed by atoms with Crippen LogP contribution in [0, 0.1) is 6.92 Å².